The van der Waals surface area contributed by atoms with Gasteiger partial charge < -0.3 is 14.7 Å². The van der Waals surface area contributed by atoms with Crippen molar-refractivity contribution in [3.8, 4) is 0 Å². The molecule has 3 amide bonds. The molecule has 6 heteroatoms. The second-order valence-electron chi connectivity index (χ2n) is 9.27. The fourth-order valence-electron chi connectivity index (χ4n) is 5.36. The summed E-state index contributed by atoms with van der Waals surface area (Å²) < 4.78 is 0. The van der Waals surface area contributed by atoms with Gasteiger partial charge in [-0.1, -0.05) is 44.9 Å². The van der Waals surface area contributed by atoms with E-state index >= 15 is 0 Å². The second kappa shape index (κ2) is 8.78. The highest BCUT2D eigenvalue weighted by Gasteiger charge is 2.43. The maximum atomic E-state index is 13.1. The average molecular weight is 412 g/mol. The molecule has 2 heterocycles. The zero-order valence-electron chi connectivity index (χ0n) is 18.1. The zero-order chi connectivity index (χ0) is 21.3. The largest absolute Gasteiger partial charge is 0.339 e. The molecule has 1 aromatic carbocycles. The topological polar surface area (TPSA) is 60.9 Å². The van der Waals surface area contributed by atoms with E-state index in [1.807, 2.05) is 45.0 Å². The Kier molecular flexibility index (Phi) is 6.11. The SMILES string of the molecule is C[C@H]1[C@H](C)CCC[C@@H]1N1C[C@H](C(=O)N2CCN(C(=O)c3ccccc3)CC2)CC1=O. The molecular formula is C24H33N3O3. The zero-order valence-corrected chi connectivity index (χ0v) is 18.1. The molecule has 1 saturated carbocycles. The molecule has 4 rings (SSSR count). The predicted octanol–water partition coefficient (Wildman–Crippen LogP) is 2.64. The van der Waals surface area contributed by atoms with Gasteiger partial charge in [0.2, 0.25) is 11.8 Å². The van der Waals surface area contributed by atoms with Crippen LogP contribution in [0, 0.1) is 17.8 Å². The normalized spacial score (nSPS) is 29.9. The molecule has 0 N–H and O–H groups in total. The smallest absolute Gasteiger partial charge is 0.253 e. The molecule has 1 aromatic rings. The minimum Gasteiger partial charge on any atom is -0.339 e. The van der Waals surface area contributed by atoms with Crippen LogP contribution in [0.25, 0.3) is 0 Å². The first kappa shape index (κ1) is 20.9. The van der Waals surface area contributed by atoms with E-state index in [1.165, 1.54) is 6.42 Å². The summed E-state index contributed by atoms with van der Waals surface area (Å²) in [4.78, 5) is 44.1. The molecule has 6 nitrogen and oxygen atoms in total. The number of benzene rings is 1. The van der Waals surface area contributed by atoms with Crippen molar-refractivity contribution >= 4 is 17.7 Å². The van der Waals surface area contributed by atoms with Crippen LogP contribution in [0.2, 0.25) is 0 Å². The highest BCUT2D eigenvalue weighted by molar-refractivity contribution is 5.94. The lowest BCUT2D eigenvalue weighted by Crippen LogP contribution is -2.52. The van der Waals surface area contributed by atoms with E-state index in [1.54, 1.807) is 0 Å². The summed E-state index contributed by atoms with van der Waals surface area (Å²) in [6.07, 6.45) is 3.78. The van der Waals surface area contributed by atoms with E-state index in [-0.39, 0.29) is 29.7 Å². The van der Waals surface area contributed by atoms with E-state index in [0.717, 1.165) is 12.8 Å². The molecule has 3 fully saturated rings. The van der Waals surface area contributed by atoms with E-state index in [2.05, 4.69) is 13.8 Å². The number of nitrogens with zero attached hydrogens (tertiary/aromatic N) is 3. The first-order valence-corrected chi connectivity index (χ1v) is 11.4. The molecule has 162 valence electrons. The van der Waals surface area contributed by atoms with Gasteiger partial charge in [0, 0.05) is 50.7 Å². The van der Waals surface area contributed by atoms with E-state index in [0.29, 0.717) is 56.5 Å². The summed E-state index contributed by atoms with van der Waals surface area (Å²) in [6, 6.07) is 9.55. The van der Waals surface area contributed by atoms with Crippen LogP contribution in [-0.4, -0.2) is 71.2 Å². The summed E-state index contributed by atoms with van der Waals surface area (Å²) in [5.74, 6) is 1.11. The molecule has 2 aliphatic heterocycles. The van der Waals surface area contributed by atoms with Gasteiger partial charge in [0.05, 0.1) is 5.92 Å². The lowest BCUT2D eigenvalue weighted by Gasteiger charge is -2.40. The van der Waals surface area contributed by atoms with Gasteiger partial charge in [-0.25, -0.2) is 0 Å². The van der Waals surface area contributed by atoms with Gasteiger partial charge in [-0.15, -0.1) is 0 Å². The standard InChI is InChI=1S/C24H33N3O3/c1-17-7-6-10-21(18(17)2)27-16-20(15-22(27)28)24(30)26-13-11-25(12-14-26)23(29)19-8-4-3-5-9-19/h3-5,8-9,17-18,20-21H,6-7,10-16H2,1-2H3/t17-,18+,20-,21+/m1/s1. The number of carbonyl (C=O) groups is 3. The van der Waals surface area contributed by atoms with Gasteiger partial charge >= 0.3 is 0 Å². The van der Waals surface area contributed by atoms with Crippen molar-refractivity contribution in [2.45, 2.75) is 45.6 Å². The van der Waals surface area contributed by atoms with Crippen LogP contribution in [0.4, 0.5) is 0 Å². The summed E-state index contributed by atoms with van der Waals surface area (Å²) in [6.45, 7) is 7.25. The summed E-state index contributed by atoms with van der Waals surface area (Å²) in [5.41, 5.74) is 0.685. The predicted molar refractivity (Wildman–Crippen MR) is 115 cm³/mol. The van der Waals surface area contributed by atoms with E-state index in [9.17, 15) is 14.4 Å². The Hall–Kier alpha value is -2.37. The Morgan fingerprint density at radius 1 is 0.933 bits per heavy atom. The highest BCUT2D eigenvalue weighted by atomic mass is 16.2. The van der Waals surface area contributed by atoms with Gasteiger partial charge in [0.15, 0.2) is 0 Å². The molecule has 0 spiro atoms. The first-order chi connectivity index (χ1) is 14.5. The van der Waals surface area contributed by atoms with Gasteiger partial charge in [-0.3, -0.25) is 14.4 Å². The Morgan fingerprint density at radius 2 is 1.60 bits per heavy atom. The third-order valence-electron chi connectivity index (χ3n) is 7.47. The number of hydrogen-bond acceptors (Lipinski definition) is 3. The fraction of sp³-hybridized carbons (Fsp3) is 0.625. The minimum atomic E-state index is -0.238. The number of rotatable bonds is 3. The van der Waals surface area contributed by atoms with Crippen LogP contribution < -0.4 is 0 Å². The van der Waals surface area contributed by atoms with Gasteiger partial charge in [0.1, 0.15) is 0 Å². The lowest BCUT2D eigenvalue weighted by molar-refractivity contribution is -0.137. The molecule has 1 aliphatic carbocycles. The molecule has 0 bridgehead atoms. The summed E-state index contributed by atoms with van der Waals surface area (Å²) >= 11 is 0. The summed E-state index contributed by atoms with van der Waals surface area (Å²) in [5, 5.41) is 0. The van der Waals surface area contributed by atoms with Crippen LogP contribution >= 0.6 is 0 Å². The Morgan fingerprint density at radius 3 is 2.30 bits per heavy atom. The number of hydrogen-bond donors (Lipinski definition) is 0. The van der Waals surface area contributed by atoms with Gasteiger partial charge in [-0.05, 0) is 30.4 Å². The van der Waals surface area contributed by atoms with Crippen LogP contribution in [0.15, 0.2) is 30.3 Å². The molecule has 4 atom stereocenters. The van der Waals surface area contributed by atoms with Crippen LogP contribution in [0.3, 0.4) is 0 Å². The quantitative estimate of drug-likeness (QED) is 0.768. The maximum absolute atomic E-state index is 13.1. The van der Waals surface area contributed by atoms with Gasteiger partial charge in [-0.2, -0.15) is 0 Å². The molecule has 0 unspecified atom stereocenters. The van der Waals surface area contributed by atoms with Crippen molar-refractivity contribution in [3.63, 3.8) is 0 Å². The minimum absolute atomic E-state index is 0.0188. The number of likely N-dealkylation sites (tertiary alicyclic amines) is 1. The number of amides is 3. The molecule has 2 saturated heterocycles. The van der Waals surface area contributed by atoms with Crippen LogP contribution in [0.5, 0.6) is 0 Å². The van der Waals surface area contributed by atoms with E-state index < -0.39 is 0 Å². The van der Waals surface area contributed by atoms with Crippen LogP contribution in [-0.2, 0) is 9.59 Å². The van der Waals surface area contributed by atoms with E-state index in [4.69, 9.17) is 0 Å². The first-order valence-electron chi connectivity index (χ1n) is 11.4. The average Bonchev–Trinajstić information content (AvgIpc) is 3.16. The maximum Gasteiger partial charge on any atom is 0.253 e. The summed E-state index contributed by atoms with van der Waals surface area (Å²) in [7, 11) is 0. The van der Waals surface area contributed by atoms with Crippen LogP contribution in [0.1, 0.15) is 49.9 Å². The molecule has 0 aromatic heterocycles. The Labute approximate surface area is 179 Å². The van der Waals surface area contributed by atoms with Crippen molar-refractivity contribution in [1.82, 2.24) is 14.7 Å². The molecule has 3 aliphatic rings. The second-order valence-corrected chi connectivity index (χ2v) is 9.27. The fourth-order valence-corrected chi connectivity index (χ4v) is 5.36. The number of piperazine rings is 1. The third kappa shape index (κ3) is 4.09. The van der Waals surface area contributed by atoms with Crippen molar-refractivity contribution in [2.24, 2.45) is 17.8 Å². The van der Waals surface area contributed by atoms with Crippen molar-refractivity contribution < 1.29 is 14.4 Å². The lowest BCUT2D eigenvalue weighted by atomic mass is 9.77. The monoisotopic (exact) mass is 411 g/mol. The van der Waals surface area contributed by atoms with Crippen molar-refractivity contribution in [1.29, 1.82) is 0 Å². The Bertz CT molecular complexity index is 788. The number of carbonyl (C=O) groups excluding carboxylic acids is 3. The molecule has 30 heavy (non-hydrogen) atoms. The Balaban J connectivity index is 1.32. The highest BCUT2D eigenvalue weighted by Crippen LogP contribution is 2.36. The van der Waals surface area contributed by atoms with Gasteiger partial charge in [0.25, 0.3) is 5.91 Å². The van der Waals surface area contributed by atoms with Crippen molar-refractivity contribution in [2.75, 3.05) is 32.7 Å². The van der Waals surface area contributed by atoms with Crippen molar-refractivity contribution in [3.05, 3.63) is 35.9 Å². The molecule has 0 radical (unpaired) electrons. The molecular weight excluding hydrogens is 378 g/mol. The third-order valence-corrected chi connectivity index (χ3v) is 7.47.